The van der Waals surface area contributed by atoms with Crippen LogP contribution in [0.4, 0.5) is 8.78 Å². The topological polar surface area (TPSA) is 55.1 Å². The van der Waals surface area contributed by atoms with Crippen LogP contribution in [0, 0.1) is 0 Å². The molecule has 0 radical (unpaired) electrons. The van der Waals surface area contributed by atoms with E-state index in [4.69, 9.17) is 5.11 Å². The minimum absolute atomic E-state index is 0.0538. The number of aryl methyl sites for hydroxylation is 1. The average molecular weight is 216 g/mol. The molecule has 1 unspecified atom stereocenters. The van der Waals surface area contributed by atoms with Crippen LogP contribution in [0.2, 0.25) is 0 Å². The fourth-order valence-electron chi connectivity index (χ4n) is 1.67. The van der Waals surface area contributed by atoms with Gasteiger partial charge in [-0.25, -0.2) is 8.78 Å². The predicted octanol–water partition coefficient (Wildman–Crippen LogP) is 1.26. The quantitative estimate of drug-likeness (QED) is 0.827. The Hall–Kier alpha value is -1.46. The monoisotopic (exact) mass is 216 g/mol. The number of carboxylic acids is 1. The standard InChI is InChI=1S/C9H10F2N2O2/c1-2-13-4-3-6(12-13)8(7(14)15)5-9(8,10)11/h3-4H,2,5H2,1H3,(H,14,15). The lowest BCUT2D eigenvalue weighted by molar-refractivity contribution is -0.143. The highest BCUT2D eigenvalue weighted by Crippen LogP contribution is 2.61. The summed E-state index contributed by atoms with van der Waals surface area (Å²) >= 11 is 0. The summed E-state index contributed by atoms with van der Waals surface area (Å²) in [5, 5.41) is 12.7. The van der Waals surface area contributed by atoms with Crippen molar-refractivity contribution in [1.29, 1.82) is 0 Å². The SMILES string of the molecule is CCn1ccc(C2(C(=O)O)CC2(F)F)n1. The molecule has 0 bridgehead atoms. The first-order chi connectivity index (χ1) is 6.94. The number of carbonyl (C=O) groups is 1. The Kier molecular flexibility index (Phi) is 1.86. The Balaban J connectivity index is 2.40. The predicted molar refractivity (Wildman–Crippen MR) is 46.8 cm³/mol. The molecule has 82 valence electrons. The fraction of sp³-hybridized carbons (Fsp3) is 0.556. The minimum Gasteiger partial charge on any atom is -0.480 e. The zero-order chi connectivity index (χ0) is 11.3. The third-order valence-corrected chi connectivity index (χ3v) is 2.75. The van der Waals surface area contributed by atoms with Gasteiger partial charge in [-0.3, -0.25) is 9.48 Å². The van der Waals surface area contributed by atoms with E-state index in [9.17, 15) is 13.6 Å². The second kappa shape index (κ2) is 2.77. The number of nitrogens with zero attached hydrogens (tertiary/aromatic N) is 2. The summed E-state index contributed by atoms with van der Waals surface area (Å²) in [7, 11) is 0. The van der Waals surface area contributed by atoms with E-state index in [2.05, 4.69) is 5.10 Å². The highest BCUT2D eigenvalue weighted by atomic mass is 19.3. The summed E-state index contributed by atoms with van der Waals surface area (Å²) in [5.41, 5.74) is -2.14. The van der Waals surface area contributed by atoms with Gasteiger partial charge in [0.2, 0.25) is 0 Å². The van der Waals surface area contributed by atoms with E-state index >= 15 is 0 Å². The van der Waals surface area contributed by atoms with Gasteiger partial charge < -0.3 is 5.11 Å². The molecule has 1 heterocycles. The van der Waals surface area contributed by atoms with Crippen molar-refractivity contribution in [3.05, 3.63) is 18.0 Å². The number of rotatable bonds is 3. The van der Waals surface area contributed by atoms with Crippen molar-refractivity contribution in [1.82, 2.24) is 9.78 Å². The van der Waals surface area contributed by atoms with Crippen molar-refractivity contribution < 1.29 is 18.7 Å². The Morgan fingerprint density at radius 3 is 2.67 bits per heavy atom. The molecule has 1 fully saturated rings. The van der Waals surface area contributed by atoms with Gasteiger partial charge in [-0.05, 0) is 13.0 Å². The van der Waals surface area contributed by atoms with Crippen LogP contribution in [-0.2, 0) is 16.8 Å². The van der Waals surface area contributed by atoms with E-state index in [1.807, 2.05) is 0 Å². The van der Waals surface area contributed by atoms with Crippen LogP contribution in [-0.4, -0.2) is 26.8 Å². The summed E-state index contributed by atoms with van der Waals surface area (Å²) in [6.07, 6.45) is 0.852. The van der Waals surface area contributed by atoms with Gasteiger partial charge in [0, 0.05) is 19.2 Å². The molecule has 6 heteroatoms. The summed E-state index contributed by atoms with van der Waals surface area (Å²) in [4.78, 5) is 10.9. The van der Waals surface area contributed by atoms with E-state index in [0.29, 0.717) is 6.54 Å². The third-order valence-electron chi connectivity index (χ3n) is 2.75. The fourth-order valence-corrected chi connectivity index (χ4v) is 1.67. The Labute approximate surface area is 84.5 Å². The number of aromatic nitrogens is 2. The van der Waals surface area contributed by atoms with Crippen molar-refractivity contribution in [3.63, 3.8) is 0 Å². The molecule has 15 heavy (non-hydrogen) atoms. The van der Waals surface area contributed by atoms with Crippen molar-refractivity contribution in [2.24, 2.45) is 0 Å². The normalized spacial score (nSPS) is 27.7. The van der Waals surface area contributed by atoms with Gasteiger partial charge >= 0.3 is 5.97 Å². The molecular weight excluding hydrogens is 206 g/mol. The first-order valence-electron chi connectivity index (χ1n) is 4.59. The van der Waals surface area contributed by atoms with Crippen LogP contribution < -0.4 is 0 Å². The maximum atomic E-state index is 13.1. The smallest absolute Gasteiger partial charge is 0.322 e. The van der Waals surface area contributed by atoms with Gasteiger partial charge in [0.15, 0.2) is 5.41 Å². The maximum absolute atomic E-state index is 13.1. The molecule has 1 atom stereocenters. The molecule has 0 aliphatic heterocycles. The molecule has 4 nitrogen and oxygen atoms in total. The summed E-state index contributed by atoms with van der Waals surface area (Å²) < 4.78 is 27.6. The molecule has 0 aromatic carbocycles. The molecule has 1 N–H and O–H groups in total. The number of halogens is 2. The number of aliphatic carboxylic acids is 1. The van der Waals surface area contributed by atoms with Crippen LogP contribution in [0.25, 0.3) is 0 Å². The second-order valence-corrected chi connectivity index (χ2v) is 3.65. The average Bonchev–Trinajstić information content (AvgIpc) is 2.60. The molecule has 0 spiro atoms. The van der Waals surface area contributed by atoms with E-state index in [-0.39, 0.29) is 5.69 Å². The van der Waals surface area contributed by atoms with Crippen LogP contribution in [0.3, 0.4) is 0 Å². The summed E-state index contributed by atoms with van der Waals surface area (Å²) in [5.74, 6) is -4.68. The maximum Gasteiger partial charge on any atom is 0.322 e. The van der Waals surface area contributed by atoms with E-state index in [1.54, 1.807) is 6.92 Å². The van der Waals surface area contributed by atoms with Crippen LogP contribution in [0.15, 0.2) is 12.3 Å². The molecule has 1 aliphatic carbocycles. The van der Waals surface area contributed by atoms with Gasteiger partial charge in [0.1, 0.15) is 0 Å². The van der Waals surface area contributed by atoms with Gasteiger partial charge in [-0.15, -0.1) is 0 Å². The largest absolute Gasteiger partial charge is 0.480 e. The Bertz CT molecular complexity index is 416. The first-order valence-corrected chi connectivity index (χ1v) is 4.59. The van der Waals surface area contributed by atoms with Gasteiger partial charge in [-0.2, -0.15) is 5.10 Å². The van der Waals surface area contributed by atoms with Gasteiger partial charge in [0.25, 0.3) is 5.92 Å². The van der Waals surface area contributed by atoms with Crippen LogP contribution in [0.5, 0.6) is 0 Å². The minimum atomic E-state index is -3.17. The van der Waals surface area contributed by atoms with Crippen LogP contribution >= 0.6 is 0 Å². The van der Waals surface area contributed by atoms with E-state index < -0.39 is 23.7 Å². The second-order valence-electron chi connectivity index (χ2n) is 3.65. The number of carboxylic acid groups (broad SMARTS) is 1. The molecule has 1 aromatic heterocycles. The van der Waals surface area contributed by atoms with E-state index in [1.165, 1.54) is 16.9 Å². The highest BCUT2D eigenvalue weighted by molar-refractivity contribution is 5.87. The van der Waals surface area contributed by atoms with Crippen molar-refractivity contribution in [3.8, 4) is 0 Å². The van der Waals surface area contributed by atoms with Gasteiger partial charge in [0.05, 0.1) is 5.69 Å². The molecule has 0 saturated heterocycles. The van der Waals surface area contributed by atoms with Crippen molar-refractivity contribution in [2.75, 3.05) is 0 Å². The number of hydrogen-bond acceptors (Lipinski definition) is 2. The lowest BCUT2D eigenvalue weighted by Gasteiger charge is -2.07. The highest BCUT2D eigenvalue weighted by Gasteiger charge is 2.78. The van der Waals surface area contributed by atoms with Gasteiger partial charge in [-0.1, -0.05) is 0 Å². The first kappa shape index (κ1) is 10.1. The zero-order valence-corrected chi connectivity index (χ0v) is 8.07. The van der Waals surface area contributed by atoms with Crippen LogP contribution in [0.1, 0.15) is 19.0 Å². The molecule has 0 amide bonds. The molecular formula is C9H10F2N2O2. The summed E-state index contributed by atoms with van der Waals surface area (Å²) in [6.45, 7) is 2.33. The van der Waals surface area contributed by atoms with Crippen molar-refractivity contribution >= 4 is 5.97 Å². The molecule has 2 rings (SSSR count). The third kappa shape index (κ3) is 1.17. The number of alkyl halides is 2. The molecule has 1 aromatic rings. The Morgan fingerprint density at radius 1 is 1.73 bits per heavy atom. The number of hydrogen-bond donors (Lipinski definition) is 1. The molecule has 1 saturated carbocycles. The van der Waals surface area contributed by atoms with E-state index in [0.717, 1.165) is 0 Å². The lowest BCUT2D eigenvalue weighted by atomic mass is 10.0. The lowest BCUT2D eigenvalue weighted by Crippen LogP contribution is -2.27. The van der Waals surface area contributed by atoms with Crippen molar-refractivity contribution in [2.45, 2.75) is 31.2 Å². The zero-order valence-electron chi connectivity index (χ0n) is 8.07. The Morgan fingerprint density at radius 2 is 2.33 bits per heavy atom. The molecule has 1 aliphatic rings. The summed E-state index contributed by atoms with van der Waals surface area (Å²) in [6, 6.07) is 1.35.